The van der Waals surface area contributed by atoms with Crippen LogP contribution in [0.25, 0.3) is 0 Å². The first-order chi connectivity index (χ1) is 19.5. The lowest BCUT2D eigenvalue weighted by Crippen LogP contribution is -2.31. The molecule has 0 saturated heterocycles. The van der Waals surface area contributed by atoms with Crippen molar-refractivity contribution in [3.8, 4) is 11.5 Å². The molecule has 4 atom stereocenters. The number of ether oxygens (including phenoxy) is 2. The summed E-state index contributed by atoms with van der Waals surface area (Å²) >= 11 is 0. The van der Waals surface area contributed by atoms with Gasteiger partial charge in [0.1, 0.15) is 0 Å². The number of fused-ring (bicyclic) bond motifs is 1. The third-order valence-corrected chi connectivity index (χ3v) is 10.5. The Morgan fingerprint density at radius 1 is 0.650 bits per heavy atom. The standard InChI is InChI=1S/C36H50F2O2/c1-3-5-26-10-18-32-23-27(11-19-31(32)22-26)7-6-25-8-14-29(15-9-25)30-16-12-28(13-17-30)24-40-34-21-20-33(39-4-2)35(37)36(34)38/h8-9,14-15,20-21,26-28,30-32H,3-7,10-13,16-19,22-24H2,1-2H3. The first kappa shape index (κ1) is 29.4. The molecular weight excluding hydrogens is 502 g/mol. The minimum Gasteiger partial charge on any atom is -0.491 e. The van der Waals surface area contributed by atoms with Crippen molar-refractivity contribution in [3.63, 3.8) is 0 Å². The van der Waals surface area contributed by atoms with Crippen LogP contribution in [0.3, 0.4) is 0 Å². The van der Waals surface area contributed by atoms with Crippen molar-refractivity contribution in [2.45, 2.75) is 110 Å². The van der Waals surface area contributed by atoms with Crippen molar-refractivity contribution in [1.29, 1.82) is 0 Å². The Labute approximate surface area is 241 Å². The largest absolute Gasteiger partial charge is 0.491 e. The molecule has 0 spiro atoms. The Balaban J connectivity index is 1.02. The number of hydrogen-bond acceptors (Lipinski definition) is 2. The highest BCUT2D eigenvalue weighted by atomic mass is 19.2. The van der Waals surface area contributed by atoms with Gasteiger partial charge in [0.05, 0.1) is 13.2 Å². The van der Waals surface area contributed by atoms with Crippen molar-refractivity contribution in [2.24, 2.45) is 29.6 Å². The number of halogens is 2. The highest BCUT2D eigenvalue weighted by Gasteiger charge is 2.35. The molecule has 0 N–H and O–H groups in total. The SMILES string of the molecule is CCCC1CCC2CC(CCc3ccc(C4CCC(COc5ccc(OCC)c(F)c5F)CC4)cc3)CCC2C1. The van der Waals surface area contributed by atoms with Gasteiger partial charge in [-0.2, -0.15) is 8.78 Å². The molecule has 40 heavy (non-hydrogen) atoms. The van der Waals surface area contributed by atoms with Crippen molar-refractivity contribution < 1.29 is 18.3 Å². The monoisotopic (exact) mass is 552 g/mol. The van der Waals surface area contributed by atoms with E-state index in [1.165, 1.54) is 87.5 Å². The molecule has 0 bridgehead atoms. The van der Waals surface area contributed by atoms with E-state index in [0.717, 1.165) is 49.4 Å². The summed E-state index contributed by atoms with van der Waals surface area (Å²) in [5, 5.41) is 0. The molecule has 3 saturated carbocycles. The van der Waals surface area contributed by atoms with E-state index >= 15 is 0 Å². The Hall–Kier alpha value is -2.10. The lowest BCUT2D eigenvalue weighted by Gasteiger charge is -2.42. The molecule has 3 aliphatic carbocycles. The fourth-order valence-corrected chi connectivity index (χ4v) is 8.11. The van der Waals surface area contributed by atoms with Crippen molar-refractivity contribution in [3.05, 3.63) is 59.2 Å². The van der Waals surface area contributed by atoms with E-state index < -0.39 is 11.6 Å². The molecule has 4 heteroatoms. The van der Waals surface area contributed by atoms with E-state index in [-0.39, 0.29) is 11.5 Å². The zero-order valence-corrected chi connectivity index (χ0v) is 24.8. The van der Waals surface area contributed by atoms with E-state index in [1.807, 2.05) is 0 Å². The van der Waals surface area contributed by atoms with Crippen LogP contribution in [0.1, 0.15) is 114 Å². The van der Waals surface area contributed by atoms with Gasteiger partial charge in [-0.05, 0) is 130 Å². The zero-order valence-electron chi connectivity index (χ0n) is 24.8. The summed E-state index contributed by atoms with van der Waals surface area (Å²) in [6.07, 6.45) is 18.6. The van der Waals surface area contributed by atoms with Crippen LogP contribution in [-0.4, -0.2) is 13.2 Å². The highest BCUT2D eigenvalue weighted by molar-refractivity contribution is 5.35. The average molecular weight is 553 g/mol. The van der Waals surface area contributed by atoms with Crippen LogP contribution in [0.4, 0.5) is 8.78 Å². The maximum Gasteiger partial charge on any atom is 0.204 e. The van der Waals surface area contributed by atoms with E-state index in [1.54, 1.807) is 6.92 Å². The zero-order chi connectivity index (χ0) is 27.9. The summed E-state index contributed by atoms with van der Waals surface area (Å²) in [6, 6.07) is 12.4. The molecule has 3 aliphatic rings. The van der Waals surface area contributed by atoms with Crippen molar-refractivity contribution in [1.82, 2.24) is 0 Å². The Morgan fingerprint density at radius 3 is 1.82 bits per heavy atom. The molecule has 0 aromatic heterocycles. The van der Waals surface area contributed by atoms with E-state index in [0.29, 0.717) is 25.0 Å². The first-order valence-electron chi connectivity index (χ1n) is 16.4. The Bertz CT molecular complexity index is 1060. The fraction of sp³-hybridized carbons (Fsp3) is 0.667. The number of aryl methyl sites for hydroxylation is 1. The summed E-state index contributed by atoms with van der Waals surface area (Å²) in [5.74, 6) is 2.93. The number of benzene rings is 2. The van der Waals surface area contributed by atoms with Gasteiger partial charge in [0.2, 0.25) is 11.6 Å². The van der Waals surface area contributed by atoms with Gasteiger partial charge in [0.15, 0.2) is 11.5 Å². The topological polar surface area (TPSA) is 18.5 Å². The van der Waals surface area contributed by atoms with Crippen LogP contribution in [0.15, 0.2) is 36.4 Å². The van der Waals surface area contributed by atoms with Gasteiger partial charge >= 0.3 is 0 Å². The first-order valence-corrected chi connectivity index (χ1v) is 16.4. The maximum atomic E-state index is 14.3. The molecular formula is C36H50F2O2. The molecule has 2 aromatic carbocycles. The maximum absolute atomic E-state index is 14.3. The number of rotatable bonds is 11. The van der Waals surface area contributed by atoms with Crippen LogP contribution in [0, 0.1) is 41.2 Å². The summed E-state index contributed by atoms with van der Waals surface area (Å²) in [5.41, 5.74) is 2.94. The average Bonchev–Trinajstić information content (AvgIpc) is 2.99. The molecule has 220 valence electrons. The van der Waals surface area contributed by atoms with E-state index in [2.05, 4.69) is 31.2 Å². The van der Waals surface area contributed by atoms with Gasteiger partial charge in [0.25, 0.3) is 0 Å². The van der Waals surface area contributed by atoms with Gasteiger partial charge in [-0.25, -0.2) is 0 Å². The van der Waals surface area contributed by atoms with Crippen LogP contribution in [0.5, 0.6) is 11.5 Å². The van der Waals surface area contributed by atoms with Crippen LogP contribution >= 0.6 is 0 Å². The Kier molecular flexibility index (Phi) is 10.4. The second-order valence-corrected chi connectivity index (χ2v) is 13.1. The van der Waals surface area contributed by atoms with Gasteiger partial charge < -0.3 is 9.47 Å². The molecule has 3 fully saturated rings. The summed E-state index contributed by atoms with van der Waals surface area (Å²) in [6.45, 7) is 4.82. The van der Waals surface area contributed by atoms with Gasteiger partial charge in [-0.3, -0.25) is 0 Å². The molecule has 0 aliphatic heterocycles. The normalized spacial score (nSPS) is 28.6. The molecule has 0 radical (unpaired) electrons. The summed E-state index contributed by atoms with van der Waals surface area (Å²) < 4.78 is 39.3. The summed E-state index contributed by atoms with van der Waals surface area (Å²) in [4.78, 5) is 0. The van der Waals surface area contributed by atoms with Crippen LogP contribution < -0.4 is 9.47 Å². The van der Waals surface area contributed by atoms with Crippen LogP contribution in [-0.2, 0) is 6.42 Å². The van der Waals surface area contributed by atoms with Gasteiger partial charge in [0, 0.05) is 0 Å². The second kappa shape index (κ2) is 14.2. The third kappa shape index (κ3) is 7.39. The lowest BCUT2D eigenvalue weighted by atomic mass is 9.63. The van der Waals surface area contributed by atoms with Crippen molar-refractivity contribution in [2.75, 3.05) is 13.2 Å². The smallest absolute Gasteiger partial charge is 0.204 e. The minimum atomic E-state index is -0.969. The molecule has 0 amide bonds. The molecule has 4 unspecified atom stereocenters. The summed E-state index contributed by atoms with van der Waals surface area (Å²) in [7, 11) is 0. The lowest BCUT2D eigenvalue weighted by molar-refractivity contribution is 0.0921. The minimum absolute atomic E-state index is 0.0222. The Morgan fingerprint density at radius 2 is 1.23 bits per heavy atom. The fourth-order valence-electron chi connectivity index (χ4n) is 8.11. The highest BCUT2D eigenvalue weighted by Crippen LogP contribution is 2.46. The predicted octanol–water partition coefficient (Wildman–Crippen LogP) is 10.3. The molecule has 2 nitrogen and oxygen atoms in total. The van der Waals surface area contributed by atoms with E-state index in [9.17, 15) is 8.78 Å². The predicted molar refractivity (Wildman–Crippen MR) is 159 cm³/mol. The molecule has 0 heterocycles. The van der Waals surface area contributed by atoms with Crippen LogP contribution in [0.2, 0.25) is 0 Å². The van der Waals surface area contributed by atoms with E-state index in [4.69, 9.17) is 9.47 Å². The molecule has 2 aromatic rings. The van der Waals surface area contributed by atoms with Gasteiger partial charge in [-0.1, -0.05) is 56.9 Å². The second-order valence-electron chi connectivity index (χ2n) is 13.1. The molecule has 5 rings (SSSR count). The van der Waals surface area contributed by atoms with Gasteiger partial charge in [-0.15, -0.1) is 0 Å². The number of hydrogen-bond donors (Lipinski definition) is 0. The quantitative estimate of drug-likeness (QED) is 0.276. The van der Waals surface area contributed by atoms with Crippen molar-refractivity contribution >= 4 is 0 Å². The third-order valence-electron chi connectivity index (χ3n) is 10.5.